The molecule has 0 radical (unpaired) electrons. The summed E-state index contributed by atoms with van der Waals surface area (Å²) in [4.78, 5) is 22.5. The van der Waals surface area contributed by atoms with Gasteiger partial charge in [0.15, 0.2) is 0 Å². The molecule has 0 saturated heterocycles. The Hall–Kier alpha value is -2.11. The number of carbonyl (C=O) groups is 1. The number of carbonyl (C=O) groups excluding carboxylic acids is 1. The molecule has 2 N–H and O–H groups in total. The summed E-state index contributed by atoms with van der Waals surface area (Å²) >= 11 is 0. The van der Waals surface area contributed by atoms with Gasteiger partial charge in [-0.15, -0.1) is 0 Å². The van der Waals surface area contributed by atoms with Gasteiger partial charge >= 0.3 is 0 Å². The van der Waals surface area contributed by atoms with E-state index in [2.05, 4.69) is 10.6 Å². The molecule has 1 atom stereocenters. The minimum absolute atomic E-state index is 0.0186. The second-order valence-electron chi connectivity index (χ2n) is 4.30. The van der Waals surface area contributed by atoms with Crippen LogP contribution in [0.15, 0.2) is 18.2 Å². The predicted octanol–water partition coefficient (Wildman–Crippen LogP) is 2.55. The van der Waals surface area contributed by atoms with Gasteiger partial charge in [0.05, 0.1) is 4.92 Å². The fraction of sp³-hybridized carbons (Fsp3) is 0.462. The van der Waals surface area contributed by atoms with Crippen molar-refractivity contribution >= 4 is 17.3 Å². The van der Waals surface area contributed by atoms with Crippen LogP contribution in [0.2, 0.25) is 0 Å². The number of nitro groups is 1. The van der Waals surface area contributed by atoms with Crippen LogP contribution >= 0.6 is 0 Å². The van der Waals surface area contributed by atoms with E-state index in [1.807, 2.05) is 20.8 Å². The fourth-order valence-electron chi connectivity index (χ4n) is 1.59. The van der Waals surface area contributed by atoms with Crippen molar-refractivity contribution in [1.82, 2.24) is 5.32 Å². The van der Waals surface area contributed by atoms with Crippen molar-refractivity contribution < 1.29 is 9.72 Å². The number of nitrogens with zero attached hydrogens (tertiary/aromatic N) is 1. The van der Waals surface area contributed by atoms with Gasteiger partial charge in [-0.2, -0.15) is 0 Å². The van der Waals surface area contributed by atoms with Crippen molar-refractivity contribution in [3.8, 4) is 0 Å². The van der Waals surface area contributed by atoms with Gasteiger partial charge in [0.2, 0.25) is 0 Å². The first-order valence-electron chi connectivity index (χ1n) is 6.32. The van der Waals surface area contributed by atoms with Crippen LogP contribution in [-0.4, -0.2) is 23.4 Å². The molecule has 6 heteroatoms. The van der Waals surface area contributed by atoms with Gasteiger partial charge in [-0.25, -0.2) is 0 Å². The molecule has 0 spiro atoms. The third kappa shape index (κ3) is 3.94. The Bertz CT molecular complexity index is 474. The molecule has 0 bridgehead atoms. The number of nitro benzene ring substituents is 1. The molecule has 0 aliphatic rings. The van der Waals surface area contributed by atoms with Gasteiger partial charge in [-0.1, -0.05) is 6.92 Å². The molecular formula is C13H19N3O3. The van der Waals surface area contributed by atoms with E-state index >= 15 is 0 Å². The predicted molar refractivity (Wildman–Crippen MR) is 74.5 cm³/mol. The van der Waals surface area contributed by atoms with Crippen molar-refractivity contribution in [2.75, 3.05) is 11.9 Å². The molecule has 0 aliphatic heterocycles. The Kier molecular flexibility index (Phi) is 5.29. The van der Waals surface area contributed by atoms with E-state index in [4.69, 9.17) is 0 Å². The SMILES string of the molecule is CCNc1ccc([N+](=O)[O-])c(C(=O)NC(C)CC)c1. The quantitative estimate of drug-likeness (QED) is 0.611. The lowest BCUT2D eigenvalue weighted by Gasteiger charge is -2.12. The van der Waals surface area contributed by atoms with Gasteiger partial charge < -0.3 is 10.6 Å². The average molecular weight is 265 g/mol. The Morgan fingerprint density at radius 3 is 2.63 bits per heavy atom. The lowest BCUT2D eigenvalue weighted by atomic mass is 10.1. The average Bonchev–Trinajstić information content (AvgIpc) is 2.38. The number of anilines is 1. The first kappa shape index (κ1) is 14.9. The number of hydrogen-bond donors (Lipinski definition) is 2. The Morgan fingerprint density at radius 1 is 1.42 bits per heavy atom. The van der Waals surface area contributed by atoms with Gasteiger partial charge in [0, 0.05) is 24.3 Å². The van der Waals surface area contributed by atoms with Crippen molar-refractivity contribution in [2.45, 2.75) is 33.2 Å². The molecule has 1 aromatic rings. The Balaban J connectivity index is 3.09. The van der Waals surface area contributed by atoms with Crippen LogP contribution in [0.5, 0.6) is 0 Å². The molecule has 1 aromatic carbocycles. The van der Waals surface area contributed by atoms with E-state index in [-0.39, 0.29) is 17.3 Å². The summed E-state index contributed by atoms with van der Waals surface area (Å²) in [6, 6.07) is 4.44. The molecule has 104 valence electrons. The summed E-state index contributed by atoms with van der Waals surface area (Å²) in [6.07, 6.45) is 0.770. The van der Waals surface area contributed by atoms with E-state index in [9.17, 15) is 14.9 Å². The first-order valence-corrected chi connectivity index (χ1v) is 6.32. The minimum Gasteiger partial charge on any atom is -0.385 e. The molecule has 0 saturated carbocycles. The zero-order chi connectivity index (χ0) is 14.4. The number of rotatable bonds is 6. The van der Waals surface area contributed by atoms with Crippen LogP contribution < -0.4 is 10.6 Å². The lowest BCUT2D eigenvalue weighted by Crippen LogP contribution is -2.32. The van der Waals surface area contributed by atoms with E-state index in [1.54, 1.807) is 6.07 Å². The fourth-order valence-corrected chi connectivity index (χ4v) is 1.59. The van der Waals surface area contributed by atoms with E-state index in [0.29, 0.717) is 12.2 Å². The summed E-state index contributed by atoms with van der Waals surface area (Å²) in [5.41, 5.74) is 0.605. The smallest absolute Gasteiger partial charge is 0.282 e. The molecule has 0 fully saturated rings. The molecular weight excluding hydrogens is 246 g/mol. The number of benzene rings is 1. The van der Waals surface area contributed by atoms with Crippen LogP contribution in [0.4, 0.5) is 11.4 Å². The van der Waals surface area contributed by atoms with Crippen molar-refractivity contribution in [3.63, 3.8) is 0 Å². The molecule has 1 rings (SSSR count). The molecule has 6 nitrogen and oxygen atoms in total. The van der Waals surface area contributed by atoms with Gasteiger partial charge in [-0.3, -0.25) is 14.9 Å². The largest absolute Gasteiger partial charge is 0.385 e. The second kappa shape index (κ2) is 6.72. The van der Waals surface area contributed by atoms with E-state index in [0.717, 1.165) is 6.42 Å². The molecule has 1 unspecified atom stereocenters. The van der Waals surface area contributed by atoms with Crippen LogP contribution in [0, 0.1) is 10.1 Å². The lowest BCUT2D eigenvalue weighted by molar-refractivity contribution is -0.385. The van der Waals surface area contributed by atoms with Crippen molar-refractivity contribution in [2.24, 2.45) is 0 Å². The minimum atomic E-state index is -0.540. The van der Waals surface area contributed by atoms with E-state index in [1.165, 1.54) is 12.1 Å². The summed E-state index contributed by atoms with van der Waals surface area (Å²) in [5, 5.41) is 16.7. The third-order valence-electron chi connectivity index (χ3n) is 2.81. The highest BCUT2D eigenvalue weighted by molar-refractivity contribution is 5.99. The van der Waals surface area contributed by atoms with Crippen molar-refractivity contribution in [3.05, 3.63) is 33.9 Å². The van der Waals surface area contributed by atoms with Crippen LogP contribution in [-0.2, 0) is 0 Å². The number of hydrogen-bond acceptors (Lipinski definition) is 4. The number of nitrogens with one attached hydrogen (secondary N) is 2. The topological polar surface area (TPSA) is 84.3 Å². The third-order valence-corrected chi connectivity index (χ3v) is 2.81. The van der Waals surface area contributed by atoms with Gasteiger partial charge in [0.1, 0.15) is 5.56 Å². The maximum atomic E-state index is 12.1. The maximum Gasteiger partial charge on any atom is 0.282 e. The molecule has 19 heavy (non-hydrogen) atoms. The second-order valence-corrected chi connectivity index (χ2v) is 4.30. The Labute approximate surface area is 112 Å². The zero-order valence-electron chi connectivity index (χ0n) is 11.4. The standard InChI is InChI=1S/C13H19N3O3/c1-4-9(3)15-13(17)11-8-10(14-5-2)6-7-12(11)16(18)19/h6-9,14H,4-5H2,1-3H3,(H,15,17). The molecule has 0 aliphatic carbocycles. The molecule has 0 heterocycles. The van der Waals surface area contributed by atoms with Crippen LogP contribution in [0.25, 0.3) is 0 Å². The zero-order valence-corrected chi connectivity index (χ0v) is 11.4. The molecule has 1 amide bonds. The highest BCUT2D eigenvalue weighted by Gasteiger charge is 2.21. The monoisotopic (exact) mass is 265 g/mol. The number of amides is 1. The van der Waals surface area contributed by atoms with Gasteiger partial charge in [-0.05, 0) is 32.4 Å². The van der Waals surface area contributed by atoms with Crippen LogP contribution in [0.3, 0.4) is 0 Å². The van der Waals surface area contributed by atoms with Crippen molar-refractivity contribution in [1.29, 1.82) is 0 Å². The highest BCUT2D eigenvalue weighted by atomic mass is 16.6. The summed E-state index contributed by atoms with van der Waals surface area (Å²) < 4.78 is 0. The molecule has 0 aromatic heterocycles. The van der Waals surface area contributed by atoms with Gasteiger partial charge in [0.25, 0.3) is 11.6 Å². The Morgan fingerprint density at radius 2 is 2.11 bits per heavy atom. The highest BCUT2D eigenvalue weighted by Crippen LogP contribution is 2.22. The maximum absolute atomic E-state index is 12.1. The summed E-state index contributed by atoms with van der Waals surface area (Å²) in [6.45, 7) is 6.40. The van der Waals surface area contributed by atoms with Crippen LogP contribution in [0.1, 0.15) is 37.6 Å². The summed E-state index contributed by atoms with van der Waals surface area (Å²) in [7, 11) is 0. The summed E-state index contributed by atoms with van der Waals surface area (Å²) in [5.74, 6) is -0.416. The van der Waals surface area contributed by atoms with E-state index < -0.39 is 10.8 Å². The normalized spacial score (nSPS) is 11.7. The first-order chi connectivity index (χ1) is 8.99.